The minimum absolute atomic E-state index is 0.753. The number of nitrogens with two attached hydrogens (primary N) is 1. The van der Waals surface area contributed by atoms with Gasteiger partial charge in [-0.15, -0.1) is 0 Å². The fourth-order valence-corrected chi connectivity index (χ4v) is 2.47. The van der Waals surface area contributed by atoms with Crippen LogP contribution in [0.4, 0.5) is 5.69 Å². The van der Waals surface area contributed by atoms with Crippen molar-refractivity contribution in [1.82, 2.24) is 9.80 Å². The highest BCUT2D eigenvalue weighted by molar-refractivity contribution is 5.83. The summed E-state index contributed by atoms with van der Waals surface area (Å²) < 4.78 is 5.58. The van der Waals surface area contributed by atoms with Gasteiger partial charge >= 0.3 is 0 Å². The number of fused-ring (bicyclic) bond motifs is 1. The predicted octanol–water partition coefficient (Wildman–Crippen LogP) is 1.76. The van der Waals surface area contributed by atoms with Gasteiger partial charge in [0.1, 0.15) is 5.58 Å². The Bertz CT molecular complexity index is 541. The summed E-state index contributed by atoms with van der Waals surface area (Å²) in [5.74, 6) is 0. The maximum atomic E-state index is 5.76. The summed E-state index contributed by atoms with van der Waals surface area (Å²) in [6.07, 6.45) is 1.86. The van der Waals surface area contributed by atoms with Crippen molar-refractivity contribution in [2.75, 3.05) is 39.0 Å². The third-order valence-electron chi connectivity index (χ3n) is 3.67. The number of piperazine rings is 1. The summed E-state index contributed by atoms with van der Waals surface area (Å²) in [4.78, 5) is 4.84. The molecular weight excluding hydrogens is 226 g/mol. The molecule has 0 saturated carbocycles. The molecule has 2 aromatic rings. The van der Waals surface area contributed by atoms with E-state index in [0.29, 0.717) is 0 Å². The molecule has 4 heteroatoms. The normalized spacial score (nSPS) is 18.5. The first-order valence-corrected chi connectivity index (χ1v) is 6.39. The van der Waals surface area contributed by atoms with Crippen LogP contribution in [0.2, 0.25) is 0 Å². The highest BCUT2D eigenvalue weighted by Gasteiger charge is 2.16. The van der Waals surface area contributed by atoms with Crippen molar-refractivity contribution < 1.29 is 4.42 Å². The molecule has 0 radical (unpaired) electrons. The van der Waals surface area contributed by atoms with Gasteiger partial charge in [-0.3, -0.25) is 4.90 Å². The lowest BCUT2D eigenvalue weighted by Crippen LogP contribution is -2.43. The molecule has 18 heavy (non-hydrogen) atoms. The van der Waals surface area contributed by atoms with Gasteiger partial charge in [0.2, 0.25) is 0 Å². The SMILES string of the molecule is CN1CCN(Cc2coc3cc(N)ccc23)CC1. The highest BCUT2D eigenvalue weighted by Crippen LogP contribution is 2.24. The molecule has 0 bridgehead atoms. The van der Waals surface area contributed by atoms with E-state index in [9.17, 15) is 0 Å². The summed E-state index contributed by atoms with van der Waals surface area (Å²) in [5.41, 5.74) is 8.66. The Kier molecular flexibility index (Phi) is 2.97. The molecule has 1 saturated heterocycles. The Balaban J connectivity index is 1.78. The second kappa shape index (κ2) is 4.63. The van der Waals surface area contributed by atoms with Gasteiger partial charge in [-0.2, -0.15) is 0 Å². The summed E-state index contributed by atoms with van der Waals surface area (Å²) in [5, 5.41) is 1.18. The van der Waals surface area contributed by atoms with Crippen LogP contribution in [0.5, 0.6) is 0 Å². The van der Waals surface area contributed by atoms with E-state index in [1.54, 1.807) is 0 Å². The van der Waals surface area contributed by atoms with Crippen molar-refractivity contribution in [1.29, 1.82) is 0 Å². The molecule has 4 nitrogen and oxygen atoms in total. The molecule has 0 aliphatic carbocycles. The van der Waals surface area contributed by atoms with E-state index in [4.69, 9.17) is 10.2 Å². The number of likely N-dealkylation sites (N-methyl/N-ethyl adjacent to an activating group) is 1. The lowest BCUT2D eigenvalue weighted by Gasteiger charge is -2.32. The summed E-state index contributed by atoms with van der Waals surface area (Å²) >= 11 is 0. The zero-order chi connectivity index (χ0) is 12.5. The Morgan fingerprint density at radius 2 is 2.00 bits per heavy atom. The van der Waals surface area contributed by atoms with Crippen LogP contribution in [0, 0.1) is 0 Å². The maximum Gasteiger partial charge on any atom is 0.136 e. The van der Waals surface area contributed by atoms with Gasteiger partial charge in [-0.1, -0.05) is 0 Å². The van der Waals surface area contributed by atoms with Crippen LogP contribution < -0.4 is 5.73 Å². The molecule has 1 aromatic carbocycles. The number of hydrogen-bond donors (Lipinski definition) is 1. The molecule has 3 rings (SSSR count). The molecule has 1 aliphatic heterocycles. The van der Waals surface area contributed by atoms with E-state index >= 15 is 0 Å². The second-order valence-corrected chi connectivity index (χ2v) is 5.10. The minimum Gasteiger partial charge on any atom is -0.464 e. The standard InChI is InChI=1S/C14H19N3O/c1-16-4-6-17(7-5-16)9-11-10-18-14-8-12(15)2-3-13(11)14/h2-3,8,10H,4-7,9,15H2,1H3. The van der Waals surface area contributed by atoms with Crippen LogP contribution in [-0.4, -0.2) is 43.0 Å². The second-order valence-electron chi connectivity index (χ2n) is 5.10. The van der Waals surface area contributed by atoms with Crippen LogP contribution >= 0.6 is 0 Å². The number of hydrogen-bond acceptors (Lipinski definition) is 4. The number of anilines is 1. The van der Waals surface area contributed by atoms with Crippen LogP contribution in [0.15, 0.2) is 28.9 Å². The van der Waals surface area contributed by atoms with Crippen molar-refractivity contribution >= 4 is 16.7 Å². The topological polar surface area (TPSA) is 45.6 Å². The molecule has 1 fully saturated rings. The van der Waals surface area contributed by atoms with E-state index in [1.165, 1.54) is 10.9 Å². The fourth-order valence-electron chi connectivity index (χ4n) is 2.47. The Hall–Kier alpha value is -1.52. The first-order valence-electron chi connectivity index (χ1n) is 6.39. The molecule has 1 aliphatic rings. The van der Waals surface area contributed by atoms with Crippen molar-refractivity contribution in [3.05, 3.63) is 30.0 Å². The van der Waals surface area contributed by atoms with Gasteiger partial charge in [0.15, 0.2) is 0 Å². The highest BCUT2D eigenvalue weighted by atomic mass is 16.3. The van der Waals surface area contributed by atoms with Crippen LogP contribution in [0.25, 0.3) is 11.0 Å². The third-order valence-corrected chi connectivity index (χ3v) is 3.67. The summed E-state index contributed by atoms with van der Waals surface area (Å²) in [6.45, 7) is 5.49. The smallest absolute Gasteiger partial charge is 0.136 e. The van der Waals surface area contributed by atoms with Crippen LogP contribution in [0.1, 0.15) is 5.56 Å². The van der Waals surface area contributed by atoms with Gasteiger partial charge in [-0.25, -0.2) is 0 Å². The lowest BCUT2D eigenvalue weighted by atomic mass is 10.1. The van der Waals surface area contributed by atoms with Crippen molar-refractivity contribution in [3.8, 4) is 0 Å². The van der Waals surface area contributed by atoms with Gasteiger partial charge in [-0.05, 0) is 19.2 Å². The fraction of sp³-hybridized carbons (Fsp3) is 0.429. The predicted molar refractivity (Wildman–Crippen MR) is 73.4 cm³/mol. The number of benzene rings is 1. The largest absolute Gasteiger partial charge is 0.464 e. The van der Waals surface area contributed by atoms with Gasteiger partial charge in [0.25, 0.3) is 0 Å². The molecule has 0 amide bonds. The number of nitrogen functional groups attached to an aromatic ring is 1. The molecule has 96 valence electrons. The molecule has 0 unspecified atom stereocenters. The third kappa shape index (κ3) is 2.21. The molecule has 1 aromatic heterocycles. The van der Waals surface area contributed by atoms with E-state index < -0.39 is 0 Å². The van der Waals surface area contributed by atoms with E-state index in [1.807, 2.05) is 18.4 Å². The van der Waals surface area contributed by atoms with Crippen LogP contribution in [0.3, 0.4) is 0 Å². The number of nitrogens with zero attached hydrogens (tertiary/aromatic N) is 2. The first-order chi connectivity index (χ1) is 8.72. The average molecular weight is 245 g/mol. The van der Waals surface area contributed by atoms with E-state index in [2.05, 4.69) is 22.9 Å². The lowest BCUT2D eigenvalue weighted by molar-refractivity contribution is 0.148. The molecule has 2 N–H and O–H groups in total. The Morgan fingerprint density at radius 1 is 1.22 bits per heavy atom. The summed E-state index contributed by atoms with van der Waals surface area (Å²) in [7, 11) is 2.17. The van der Waals surface area contributed by atoms with Gasteiger partial charge < -0.3 is 15.1 Å². The van der Waals surface area contributed by atoms with E-state index in [-0.39, 0.29) is 0 Å². The molecule has 2 heterocycles. The van der Waals surface area contributed by atoms with Gasteiger partial charge in [0.05, 0.1) is 6.26 Å². The quantitative estimate of drug-likeness (QED) is 0.819. The summed E-state index contributed by atoms with van der Waals surface area (Å²) in [6, 6.07) is 5.88. The van der Waals surface area contributed by atoms with Crippen molar-refractivity contribution in [2.24, 2.45) is 0 Å². The maximum absolute atomic E-state index is 5.76. The Labute approximate surface area is 107 Å². The monoisotopic (exact) mass is 245 g/mol. The average Bonchev–Trinajstić information content (AvgIpc) is 2.74. The number of furan rings is 1. The van der Waals surface area contributed by atoms with E-state index in [0.717, 1.165) is 44.0 Å². The molecule has 0 spiro atoms. The zero-order valence-corrected chi connectivity index (χ0v) is 10.7. The molecule has 0 atom stereocenters. The number of rotatable bonds is 2. The van der Waals surface area contributed by atoms with Crippen molar-refractivity contribution in [3.63, 3.8) is 0 Å². The van der Waals surface area contributed by atoms with Crippen LogP contribution in [-0.2, 0) is 6.54 Å². The Morgan fingerprint density at radius 3 is 2.78 bits per heavy atom. The first kappa shape index (κ1) is 11.6. The van der Waals surface area contributed by atoms with Crippen molar-refractivity contribution in [2.45, 2.75) is 6.54 Å². The minimum atomic E-state index is 0.753. The molecular formula is C14H19N3O. The zero-order valence-electron chi connectivity index (χ0n) is 10.7. The van der Waals surface area contributed by atoms with Gasteiger partial charge in [0, 0.05) is 55.4 Å².